The molecule has 6 nitrogen and oxygen atoms in total. The van der Waals surface area contributed by atoms with E-state index in [0.717, 1.165) is 6.07 Å². The summed E-state index contributed by atoms with van der Waals surface area (Å²) >= 11 is 0. The molecule has 20 heavy (non-hydrogen) atoms. The maximum absolute atomic E-state index is 11.3. The number of rotatable bonds is 3. The van der Waals surface area contributed by atoms with E-state index in [4.69, 9.17) is 10.8 Å². The topological polar surface area (TPSA) is 111 Å². The fourth-order valence-corrected chi connectivity index (χ4v) is 1.45. The number of hydrogen-bond donors (Lipinski definition) is 2. The van der Waals surface area contributed by atoms with E-state index in [1.54, 1.807) is 24.3 Å². The van der Waals surface area contributed by atoms with Crippen molar-refractivity contribution in [2.45, 2.75) is 0 Å². The maximum atomic E-state index is 11.3. The van der Waals surface area contributed by atoms with Gasteiger partial charge in [-0.25, -0.2) is 4.79 Å². The Balaban J connectivity index is 0.00000200. The van der Waals surface area contributed by atoms with Crippen LogP contribution in [0.2, 0.25) is 0 Å². The molecule has 96 valence electrons. The van der Waals surface area contributed by atoms with Gasteiger partial charge in [0, 0.05) is 5.69 Å². The summed E-state index contributed by atoms with van der Waals surface area (Å²) < 4.78 is 0. The zero-order valence-corrected chi connectivity index (χ0v) is 12.8. The minimum absolute atomic E-state index is 0. The first kappa shape index (κ1) is 16.2. The molecular formula is C13H10N3NaO3. The summed E-state index contributed by atoms with van der Waals surface area (Å²) in [5.41, 5.74) is 6.65. The van der Waals surface area contributed by atoms with Gasteiger partial charge in [-0.05, 0) is 30.3 Å². The second-order valence-electron chi connectivity index (χ2n) is 3.78. The van der Waals surface area contributed by atoms with Gasteiger partial charge in [0.15, 0.2) is 0 Å². The Bertz CT molecular complexity index is 659. The van der Waals surface area contributed by atoms with E-state index in [-0.39, 0.29) is 35.1 Å². The van der Waals surface area contributed by atoms with Gasteiger partial charge in [0.05, 0.1) is 16.9 Å². The second-order valence-corrected chi connectivity index (χ2v) is 3.78. The number of carbonyl (C=O) groups is 1. The van der Waals surface area contributed by atoms with Crippen LogP contribution >= 0.6 is 0 Å². The van der Waals surface area contributed by atoms with Crippen molar-refractivity contribution in [3.05, 3.63) is 48.0 Å². The Hall–Kier alpha value is -1.89. The molecule has 2 aromatic rings. The van der Waals surface area contributed by atoms with Crippen molar-refractivity contribution in [2.24, 2.45) is 10.2 Å². The smallest absolute Gasteiger partial charge is 0.872 e. The predicted octanol–water partition coefficient (Wildman–Crippen LogP) is -0.540. The third kappa shape index (κ3) is 4.06. The number of hydrogen-bond acceptors (Lipinski definition) is 5. The molecule has 3 N–H and O–H groups in total. The van der Waals surface area contributed by atoms with Crippen LogP contribution in [0.5, 0.6) is 5.75 Å². The Morgan fingerprint density at radius 3 is 2.35 bits per heavy atom. The Labute approximate surface area is 137 Å². The van der Waals surface area contributed by atoms with Crippen LogP contribution < -0.4 is 40.4 Å². The van der Waals surface area contributed by atoms with Gasteiger partial charge in [-0.1, -0.05) is 17.9 Å². The van der Waals surface area contributed by atoms with Crippen LogP contribution in [0.15, 0.2) is 52.7 Å². The molecule has 0 bridgehead atoms. The number of carboxylic acids is 1. The van der Waals surface area contributed by atoms with E-state index in [0.29, 0.717) is 17.1 Å². The summed E-state index contributed by atoms with van der Waals surface area (Å²) in [5.74, 6) is -1.85. The summed E-state index contributed by atoms with van der Waals surface area (Å²) in [5, 5.41) is 27.9. The molecule has 0 saturated carbocycles. The van der Waals surface area contributed by atoms with Crippen molar-refractivity contribution >= 4 is 23.0 Å². The quantitative estimate of drug-likeness (QED) is 0.446. The number of aromatic carboxylic acids is 1. The van der Waals surface area contributed by atoms with Crippen LogP contribution in [-0.2, 0) is 0 Å². The second kappa shape index (κ2) is 7.04. The van der Waals surface area contributed by atoms with Crippen LogP contribution in [0.25, 0.3) is 0 Å². The van der Waals surface area contributed by atoms with Crippen LogP contribution in [0.1, 0.15) is 10.4 Å². The standard InChI is InChI=1S/C13H11N3O3.Na/c14-8-2-1-3-9(6-8)15-16-10-4-5-12(17)11(7-10)13(18)19;/h1-7,17H,14H2,(H,18,19);/q;+1/p-1. The molecule has 0 aliphatic rings. The minimum atomic E-state index is -1.29. The van der Waals surface area contributed by atoms with Crippen molar-refractivity contribution in [3.63, 3.8) is 0 Å². The largest absolute Gasteiger partial charge is 1.00 e. The molecule has 0 aliphatic carbocycles. The molecule has 0 saturated heterocycles. The van der Waals surface area contributed by atoms with Crippen LogP contribution in [0.4, 0.5) is 17.1 Å². The Kier molecular flexibility index (Phi) is 5.69. The van der Waals surface area contributed by atoms with Crippen molar-refractivity contribution in [1.29, 1.82) is 0 Å². The number of anilines is 1. The minimum Gasteiger partial charge on any atom is -0.872 e. The van der Waals surface area contributed by atoms with E-state index in [2.05, 4.69) is 10.2 Å². The van der Waals surface area contributed by atoms with Crippen molar-refractivity contribution in [2.75, 3.05) is 5.73 Å². The molecule has 0 spiro atoms. The molecular weight excluding hydrogens is 269 g/mol. The molecule has 0 heterocycles. The molecule has 0 atom stereocenters. The number of azo groups is 1. The first-order valence-electron chi connectivity index (χ1n) is 5.38. The molecule has 0 radical (unpaired) electrons. The number of benzene rings is 2. The summed E-state index contributed by atoms with van der Waals surface area (Å²) in [6.45, 7) is 0. The number of nitrogens with zero attached hydrogens (tertiary/aromatic N) is 2. The van der Waals surface area contributed by atoms with E-state index in [1.165, 1.54) is 12.1 Å². The summed E-state index contributed by atoms with van der Waals surface area (Å²) in [7, 11) is 0. The Morgan fingerprint density at radius 1 is 1.10 bits per heavy atom. The summed E-state index contributed by atoms with van der Waals surface area (Å²) in [4.78, 5) is 10.8. The van der Waals surface area contributed by atoms with Gasteiger partial charge in [0.1, 0.15) is 0 Å². The molecule has 0 unspecified atom stereocenters. The van der Waals surface area contributed by atoms with Crippen LogP contribution in [0, 0.1) is 0 Å². The number of nitrogens with two attached hydrogens (primary N) is 1. The Morgan fingerprint density at radius 2 is 1.75 bits per heavy atom. The number of nitrogen functional groups attached to an aromatic ring is 1. The van der Waals surface area contributed by atoms with Gasteiger partial charge in [0.25, 0.3) is 0 Å². The molecule has 0 aliphatic heterocycles. The average molecular weight is 279 g/mol. The zero-order chi connectivity index (χ0) is 13.8. The van der Waals surface area contributed by atoms with Gasteiger partial charge >= 0.3 is 35.5 Å². The van der Waals surface area contributed by atoms with Gasteiger partial charge in [-0.2, -0.15) is 10.2 Å². The third-order valence-electron chi connectivity index (χ3n) is 2.34. The third-order valence-corrected chi connectivity index (χ3v) is 2.34. The van der Waals surface area contributed by atoms with Gasteiger partial charge in [-0.3, -0.25) is 0 Å². The zero-order valence-electron chi connectivity index (χ0n) is 10.8. The fourth-order valence-electron chi connectivity index (χ4n) is 1.45. The van der Waals surface area contributed by atoms with E-state index >= 15 is 0 Å². The van der Waals surface area contributed by atoms with E-state index < -0.39 is 11.7 Å². The molecule has 2 rings (SSSR count). The maximum Gasteiger partial charge on any atom is 1.00 e. The fraction of sp³-hybridized carbons (Fsp3) is 0. The number of carboxylic acid groups (broad SMARTS) is 1. The van der Waals surface area contributed by atoms with Crippen LogP contribution in [0.3, 0.4) is 0 Å². The van der Waals surface area contributed by atoms with Gasteiger partial charge < -0.3 is 15.9 Å². The average Bonchev–Trinajstić information content (AvgIpc) is 2.37. The molecule has 7 heteroatoms. The van der Waals surface area contributed by atoms with Crippen molar-refractivity contribution in [1.82, 2.24) is 0 Å². The molecule has 2 aromatic carbocycles. The summed E-state index contributed by atoms with van der Waals surface area (Å²) in [6.07, 6.45) is 0. The monoisotopic (exact) mass is 279 g/mol. The molecule has 0 fully saturated rings. The van der Waals surface area contributed by atoms with Gasteiger partial charge in [0.2, 0.25) is 0 Å². The molecule has 0 aromatic heterocycles. The van der Waals surface area contributed by atoms with E-state index in [1.807, 2.05) is 0 Å². The first-order chi connectivity index (χ1) is 9.06. The first-order valence-corrected chi connectivity index (χ1v) is 5.38. The normalized spacial score (nSPS) is 10.2. The van der Waals surface area contributed by atoms with Gasteiger partial charge in [-0.15, -0.1) is 0 Å². The van der Waals surface area contributed by atoms with Crippen molar-refractivity contribution < 1.29 is 44.6 Å². The summed E-state index contributed by atoms with van der Waals surface area (Å²) in [6, 6.07) is 10.5. The SMILES string of the molecule is Nc1cccc(N=Nc2ccc([O-])c(C(=O)O)c2)c1.[Na+]. The van der Waals surface area contributed by atoms with E-state index in [9.17, 15) is 9.90 Å². The van der Waals surface area contributed by atoms with Crippen molar-refractivity contribution in [3.8, 4) is 5.75 Å². The molecule has 0 amide bonds. The predicted molar refractivity (Wildman–Crippen MR) is 67.9 cm³/mol. The van der Waals surface area contributed by atoms with Crippen LogP contribution in [-0.4, -0.2) is 11.1 Å².